The van der Waals surface area contributed by atoms with Crippen LogP contribution in [0, 0.1) is 19.7 Å². The van der Waals surface area contributed by atoms with Crippen molar-refractivity contribution >= 4 is 0 Å². The average molecular weight is 278 g/mol. The Bertz CT molecular complexity index is 610. The van der Waals surface area contributed by atoms with Gasteiger partial charge in [0, 0.05) is 29.2 Å². The number of hydrogen-bond acceptors (Lipinski definition) is 3. The molecule has 1 heterocycles. The summed E-state index contributed by atoms with van der Waals surface area (Å²) in [6.07, 6.45) is -2.06. The Morgan fingerprint density at radius 3 is 2.55 bits per heavy atom. The number of aliphatic hydroxyl groups excluding tert-OH is 2. The lowest BCUT2D eigenvalue weighted by Crippen LogP contribution is -2.27. The monoisotopic (exact) mass is 278 g/mol. The Morgan fingerprint density at radius 2 is 1.95 bits per heavy atom. The molecular weight excluding hydrogens is 259 g/mol. The van der Waals surface area contributed by atoms with Crippen LogP contribution in [0.15, 0.2) is 30.3 Å². The van der Waals surface area contributed by atoms with E-state index in [2.05, 4.69) is 0 Å². The first-order valence-corrected chi connectivity index (χ1v) is 6.46. The van der Waals surface area contributed by atoms with Crippen molar-refractivity contribution in [3.05, 3.63) is 53.1 Å². The third-order valence-corrected chi connectivity index (χ3v) is 3.46. The summed E-state index contributed by atoms with van der Waals surface area (Å²) < 4.78 is 15.2. The Labute approximate surface area is 117 Å². The van der Waals surface area contributed by atoms with E-state index in [0.29, 0.717) is 11.3 Å². The van der Waals surface area contributed by atoms with E-state index in [1.807, 2.05) is 18.4 Å². The van der Waals surface area contributed by atoms with Crippen molar-refractivity contribution in [1.82, 2.24) is 4.57 Å². The fourth-order valence-electron chi connectivity index (χ4n) is 2.44. The predicted octanol–water partition coefficient (Wildman–Crippen LogP) is 1.59. The molecule has 0 saturated heterocycles. The molecule has 0 aliphatic carbocycles. The molecule has 0 bridgehead atoms. The highest BCUT2D eigenvalue weighted by Crippen LogP contribution is 2.27. The van der Waals surface area contributed by atoms with Crippen molar-refractivity contribution in [2.45, 2.75) is 26.1 Å². The maximum absolute atomic E-state index is 13.3. The van der Waals surface area contributed by atoms with Crippen molar-refractivity contribution in [1.29, 1.82) is 0 Å². The van der Waals surface area contributed by atoms with Gasteiger partial charge in [-0.05, 0) is 38.1 Å². The molecule has 2 rings (SSSR count). The fourth-order valence-corrected chi connectivity index (χ4v) is 2.44. The standard InChI is InChI=1S/C15H19FN2O2/c1-9-6-13(15(20)14(19)8-17)10(2)18(9)12-5-3-4-11(16)7-12/h3-7,14-15,19-20H,8,17H2,1-2H3. The number of rotatable bonds is 4. The van der Waals surface area contributed by atoms with Gasteiger partial charge in [-0.25, -0.2) is 4.39 Å². The van der Waals surface area contributed by atoms with Crippen LogP contribution in [-0.2, 0) is 0 Å². The molecule has 108 valence electrons. The lowest BCUT2D eigenvalue weighted by Gasteiger charge is -2.17. The zero-order valence-corrected chi connectivity index (χ0v) is 11.5. The van der Waals surface area contributed by atoms with Gasteiger partial charge in [-0.2, -0.15) is 0 Å². The first-order valence-electron chi connectivity index (χ1n) is 6.46. The summed E-state index contributed by atoms with van der Waals surface area (Å²) in [6.45, 7) is 3.66. The summed E-state index contributed by atoms with van der Waals surface area (Å²) >= 11 is 0. The Hall–Kier alpha value is -1.69. The van der Waals surface area contributed by atoms with Gasteiger partial charge in [0.25, 0.3) is 0 Å². The average Bonchev–Trinajstić information content (AvgIpc) is 2.72. The summed E-state index contributed by atoms with van der Waals surface area (Å²) in [7, 11) is 0. The highest BCUT2D eigenvalue weighted by Gasteiger charge is 2.22. The second kappa shape index (κ2) is 5.75. The van der Waals surface area contributed by atoms with Gasteiger partial charge in [-0.15, -0.1) is 0 Å². The number of aromatic nitrogens is 1. The zero-order valence-electron chi connectivity index (χ0n) is 11.5. The van der Waals surface area contributed by atoms with Gasteiger partial charge >= 0.3 is 0 Å². The van der Waals surface area contributed by atoms with Crippen LogP contribution in [0.2, 0.25) is 0 Å². The Balaban J connectivity index is 2.49. The van der Waals surface area contributed by atoms with Crippen LogP contribution >= 0.6 is 0 Å². The van der Waals surface area contributed by atoms with Gasteiger partial charge in [-0.3, -0.25) is 0 Å². The molecule has 2 atom stereocenters. The van der Waals surface area contributed by atoms with Crippen LogP contribution in [0.25, 0.3) is 5.69 Å². The van der Waals surface area contributed by atoms with Crippen LogP contribution < -0.4 is 5.73 Å². The molecule has 1 aromatic heterocycles. The number of benzene rings is 1. The SMILES string of the molecule is Cc1cc(C(O)C(O)CN)c(C)n1-c1cccc(F)c1. The normalized spacial score (nSPS) is 14.3. The van der Waals surface area contributed by atoms with Gasteiger partial charge < -0.3 is 20.5 Å². The van der Waals surface area contributed by atoms with Crippen molar-refractivity contribution in [3.63, 3.8) is 0 Å². The molecule has 0 radical (unpaired) electrons. The minimum absolute atomic E-state index is 0.0230. The molecule has 0 spiro atoms. The molecule has 0 fully saturated rings. The van der Waals surface area contributed by atoms with E-state index in [9.17, 15) is 14.6 Å². The number of nitrogens with two attached hydrogens (primary N) is 1. The minimum atomic E-state index is -1.05. The van der Waals surface area contributed by atoms with Gasteiger partial charge in [0.05, 0.1) is 6.10 Å². The predicted molar refractivity (Wildman–Crippen MR) is 75.2 cm³/mol. The van der Waals surface area contributed by atoms with Gasteiger partial charge in [0.1, 0.15) is 11.9 Å². The van der Waals surface area contributed by atoms with Crippen molar-refractivity contribution in [2.75, 3.05) is 6.54 Å². The molecule has 2 aromatic rings. The molecule has 1 aromatic carbocycles. The summed E-state index contributed by atoms with van der Waals surface area (Å²) in [6, 6.07) is 8.01. The van der Waals surface area contributed by atoms with Crippen LogP contribution in [0.1, 0.15) is 23.1 Å². The van der Waals surface area contributed by atoms with E-state index in [-0.39, 0.29) is 12.4 Å². The lowest BCUT2D eigenvalue weighted by molar-refractivity contribution is 0.0240. The summed E-state index contributed by atoms with van der Waals surface area (Å²) in [5.74, 6) is -0.320. The topological polar surface area (TPSA) is 71.4 Å². The third-order valence-electron chi connectivity index (χ3n) is 3.46. The van der Waals surface area contributed by atoms with E-state index in [1.54, 1.807) is 18.2 Å². The van der Waals surface area contributed by atoms with Crippen LogP contribution in [0.3, 0.4) is 0 Å². The van der Waals surface area contributed by atoms with Crippen molar-refractivity contribution in [2.24, 2.45) is 5.73 Å². The molecule has 4 nitrogen and oxygen atoms in total. The highest BCUT2D eigenvalue weighted by atomic mass is 19.1. The van der Waals surface area contributed by atoms with Crippen molar-refractivity contribution < 1.29 is 14.6 Å². The Morgan fingerprint density at radius 1 is 1.25 bits per heavy atom. The maximum atomic E-state index is 13.3. The van der Waals surface area contributed by atoms with Crippen molar-refractivity contribution in [3.8, 4) is 5.69 Å². The number of aryl methyl sites for hydroxylation is 1. The highest BCUT2D eigenvalue weighted by molar-refractivity contribution is 5.42. The van der Waals surface area contributed by atoms with E-state index in [1.165, 1.54) is 12.1 Å². The van der Waals surface area contributed by atoms with Gasteiger partial charge in [0.2, 0.25) is 0 Å². The van der Waals surface area contributed by atoms with E-state index in [4.69, 9.17) is 5.73 Å². The number of halogens is 1. The molecule has 0 aliphatic heterocycles. The smallest absolute Gasteiger partial charge is 0.125 e. The van der Waals surface area contributed by atoms with E-state index < -0.39 is 12.2 Å². The molecule has 2 unspecified atom stereocenters. The maximum Gasteiger partial charge on any atom is 0.125 e. The second-order valence-corrected chi connectivity index (χ2v) is 4.89. The van der Waals surface area contributed by atoms with E-state index in [0.717, 1.165) is 11.4 Å². The zero-order chi connectivity index (χ0) is 14.9. The summed E-state index contributed by atoms with van der Waals surface area (Å²) in [5.41, 5.74) is 8.26. The third kappa shape index (κ3) is 2.60. The molecule has 0 amide bonds. The summed E-state index contributed by atoms with van der Waals surface area (Å²) in [4.78, 5) is 0. The quantitative estimate of drug-likeness (QED) is 0.795. The molecule has 0 saturated carbocycles. The van der Waals surface area contributed by atoms with Crippen LogP contribution in [0.5, 0.6) is 0 Å². The van der Waals surface area contributed by atoms with Crippen LogP contribution in [-0.4, -0.2) is 27.4 Å². The Kier molecular flexibility index (Phi) is 4.23. The fraction of sp³-hybridized carbons (Fsp3) is 0.333. The van der Waals surface area contributed by atoms with Crippen LogP contribution in [0.4, 0.5) is 4.39 Å². The number of aliphatic hydroxyl groups is 2. The number of hydrogen-bond donors (Lipinski definition) is 3. The molecular formula is C15H19FN2O2. The van der Waals surface area contributed by atoms with E-state index >= 15 is 0 Å². The molecule has 4 N–H and O–H groups in total. The minimum Gasteiger partial charge on any atom is -0.389 e. The molecule has 20 heavy (non-hydrogen) atoms. The second-order valence-electron chi connectivity index (χ2n) is 4.89. The lowest BCUT2D eigenvalue weighted by atomic mass is 10.1. The first-order chi connectivity index (χ1) is 9.45. The molecule has 5 heteroatoms. The van der Waals surface area contributed by atoms with Gasteiger partial charge in [0.15, 0.2) is 0 Å². The molecule has 0 aliphatic rings. The van der Waals surface area contributed by atoms with Gasteiger partial charge in [-0.1, -0.05) is 6.07 Å². The first kappa shape index (κ1) is 14.7. The number of nitrogens with zero attached hydrogens (tertiary/aromatic N) is 1. The summed E-state index contributed by atoms with van der Waals surface area (Å²) in [5, 5.41) is 19.8. The largest absolute Gasteiger partial charge is 0.389 e.